The number of hydrogen-bond donors (Lipinski definition) is 1. The van der Waals surface area contributed by atoms with Gasteiger partial charge in [-0.2, -0.15) is 10.1 Å². The molecule has 1 aromatic carbocycles. The van der Waals surface area contributed by atoms with E-state index in [1.165, 1.54) is 0 Å². The second-order valence-electron chi connectivity index (χ2n) is 6.50. The second kappa shape index (κ2) is 8.59. The van der Waals surface area contributed by atoms with Gasteiger partial charge in [0.25, 0.3) is 0 Å². The zero-order valence-electron chi connectivity index (χ0n) is 16.4. The highest BCUT2D eigenvalue weighted by Gasteiger charge is 2.20. The molecular weight excluding hydrogens is 370 g/mol. The predicted octanol–water partition coefficient (Wildman–Crippen LogP) is 2.35. The Bertz CT molecular complexity index is 947. The molecule has 0 saturated carbocycles. The third-order valence-corrected chi connectivity index (χ3v) is 4.74. The lowest BCUT2D eigenvalue weighted by Crippen LogP contribution is -2.47. The van der Waals surface area contributed by atoms with Crippen LogP contribution in [0.2, 0.25) is 0 Å². The van der Waals surface area contributed by atoms with Crippen LogP contribution in [0, 0.1) is 0 Å². The number of nitrogens with one attached hydrogen (secondary N) is 1. The van der Waals surface area contributed by atoms with Crippen molar-refractivity contribution in [2.75, 3.05) is 55.5 Å². The number of pyridine rings is 1. The minimum absolute atomic E-state index is 0.608. The number of rotatable bonds is 6. The van der Waals surface area contributed by atoms with E-state index in [-0.39, 0.29) is 0 Å². The molecule has 1 fully saturated rings. The average Bonchev–Trinajstić information content (AvgIpc) is 2.80. The third kappa shape index (κ3) is 4.29. The minimum atomic E-state index is 0.608. The zero-order chi connectivity index (χ0) is 20.1. The van der Waals surface area contributed by atoms with Crippen LogP contribution in [0.5, 0.6) is 11.5 Å². The summed E-state index contributed by atoms with van der Waals surface area (Å²) in [5, 5.41) is 11.6. The van der Waals surface area contributed by atoms with Gasteiger partial charge in [0.1, 0.15) is 5.82 Å². The zero-order valence-corrected chi connectivity index (χ0v) is 16.4. The van der Waals surface area contributed by atoms with Gasteiger partial charge in [0.2, 0.25) is 5.95 Å². The van der Waals surface area contributed by atoms with Crippen LogP contribution in [0.25, 0.3) is 0 Å². The van der Waals surface area contributed by atoms with Gasteiger partial charge in [-0.25, -0.2) is 4.98 Å². The Labute approximate surface area is 169 Å². The van der Waals surface area contributed by atoms with Crippen molar-refractivity contribution in [1.82, 2.24) is 20.2 Å². The van der Waals surface area contributed by atoms with Gasteiger partial charge in [-0.1, -0.05) is 6.07 Å². The number of hydrogen-bond acceptors (Lipinski definition) is 9. The minimum Gasteiger partial charge on any atom is -0.493 e. The molecule has 9 nitrogen and oxygen atoms in total. The smallest absolute Gasteiger partial charge is 0.247 e. The summed E-state index contributed by atoms with van der Waals surface area (Å²) in [4.78, 5) is 13.4. The molecule has 1 aliphatic heterocycles. The van der Waals surface area contributed by atoms with Crippen LogP contribution < -0.4 is 24.6 Å². The molecule has 1 saturated heterocycles. The van der Waals surface area contributed by atoms with Crippen molar-refractivity contribution in [3.8, 4) is 11.5 Å². The summed E-state index contributed by atoms with van der Waals surface area (Å²) in [7, 11) is 3.22. The Hall–Kier alpha value is -3.62. The van der Waals surface area contributed by atoms with Crippen LogP contribution in [0.1, 0.15) is 0 Å². The van der Waals surface area contributed by atoms with Crippen LogP contribution in [0.4, 0.5) is 23.3 Å². The first-order valence-electron chi connectivity index (χ1n) is 9.36. The number of methoxy groups -OCH3 is 2. The maximum absolute atomic E-state index is 5.35. The maximum Gasteiger partial charge on any atom is 0.247 e. The van der Waals surface area contributed by atoms with Gasteiger partial charge in [0, 0.05) is 44.1 Å². The first-order chi connectivity index (χ1) is 14.3. The third-order valence-electron chi connectivity index (χ3n) is 4.74. The molecule has 3 aromatic rings. The monoisotopic (exact) mass is 393 g/mol. The van der Waals surface area contributed by atoms with E-state index in [0.29, 0.717) is 23.3 Å². The van der Waals surface area contributed by atoms with Crippen LogP contribution >= 0.6 is 0 Å². The molecular formula is C20H23N7O2. The Morgan fingerprint density at radius 3 is 2.45 bits per heavy atom. The summed E-state index contributed by atoms with van der Waals surface area (Å²) in [5.41, 5.74) is 0.828. The van der Waals surface area contributed by atoms with E-state index in [4.69, 9.17) is 9.47 Å². The first-order valence-corrected chi connectivity index (χ1v) is 9.36. The maximum atomic E-state index is 5.35. The molecule has 0 atom stereocenters. The number of piperazine rings is 1. The molecule has 9 heteroatoms. The van der Waals surface area contributed by atoms with Crippen molar-refractivity contribution >= 4 is 23.3 Å². The lowest BCUT2D eigenvalue weighted by atomic mass is 10.2. The lowest BCUT2D eigenvalue weighted by molar-refractivity contribution is 0.355. The number of benzene rings is 1. The molecule has 0 radical (unpaired) electrons. The van der Waals surface area contributed by atoms with Gasteiger partial charge in [-0.05, 0) is 24.3 Å². The van der Waals surface area contributed by atoms with Gasteiger partial charge in [0.05, 0.1) is 20.4 Å². The van der Waals surface area contributed by atoms with Gasteiger partial charge in [-0.15, -0.1) is 5.10 Å². The highest BCUT2D eigenvalue weighted by atomic mass is 16.5. The second-order valence-corrected chi connectivity index (χ2v) is 6.50. The largest absolute Gasteiger partial charge is 0.493 e. The van der Waals surface area contributed by atoms with Crippen molar-refractivity contribution in [3.05, 3.63) is 48.8 Å². The SMILES string of the molecule is COc1ccc(Nc2cnnc(N3CCN(c4ccccn4)CC3)n2)cc1OC. The van der Waals surface area contributed by atoms with Gasteiger partial charge >= 0.3 is 0 Å². The van der Waals surface area contributed by atoms with E-state index in [0.717, 1.165) is 37.7 Å². The Balaban J connectivity index is 1.43. The quantitative estimate of drug-likeness (QED) is 0.678. The van der Waals surface area contributed by atoms with Gasteiger partial charge < -0.3 is 24.6 Å². The van der Waals surface area contributed by atoms with Crippen LogP contribution in [-0.4, -0.2) is 60.6 Å². The number of anilines is 4. The van der Waals surface area contributed by atoms with Gasteiger partial charge in [-0.3, -0.25) is 0 Å². The molecule has 4 rings (SSSR count). The molecule has 0 aliphatic carbocycles. The number of aromatic nitrogens is 4. The first kappa shape index (κ1) is 18.7. The van der Waals surface area contributed by atoms with E-state index in [9.17, 15) is 0 Å². The highest BCUT2D eigenvalue weighted by molar-refractivity contribution is 5.61. The fourth-order valence-corrected chi connectivity index (χ4v) is 3.23. The fourth-order valence-electron chi connectivity index (χ4n) is 3.23. The summed E-state index contributed by atoms with van der Waals surface area (Å²) in [6.07, 6.45) is 3.42. The number of nitrogens with zero attached hydrogens (tertiary/aromatic N) is 6. The summed E-state index contributed by atoms with van der Waals surface area (Å²) in [6.45, 7) is 3.32. The molecule has 150 valence electrons. The van der Waals surface area contributed by atoms with Crippen LogP contribution in [-0.2, 0) is 0 Å². The van der Waals surface area contributed by atoms with Crippen LogP contribution in [0.15, 0.2) is 48.8 Å². The molecule has 0 spiro atoms. The van der Waals surface area contributed by atoms with Gasteiger partial charge in [0.15, 0.2) is 17.3 Å². The number of ether oxygens (including phenoxy) is 2. The molecule has 0 amide bonds. The van der Waals surface area contributed by atoms with Crippen molar-refractivity contribution in [2.45, 2.75) is 0 Å². The Kier molecular flexibility index (Phi) is 5.55. The molecule has 0 unspecified atom stereocenters. The van der Waals surface area contributed by atoms with E-state index in [1.807, 2.05) is 42.6 Å². The molecule has 0 bridgehead atoms. The summed E-state index contributed by atoms with van der Waals surface area (Å²) < 4.78 is 10.6. The Morgan fingerprint density at radius 2 is 1.72 bits per heavy atom. The topological polar surface area (TPSA) is 88.5 Å². The van der Waals surface area contributed by atoms with E-state index in [2.05, 4.69) is 35.3 Å². The molecule has 29 heavy (non-hydrogen) atoms. The van der Waals surface area contributed by atoms with Crippen molar-refractivity contribution in [1.29, 1.82) is 0 Å². The van der Waals surface area contributed by atoms with E-state index >= 15 is 0 Å². The average molecular weight is 393 g/mol. The van der Waals surface area contributed by atoms with Crippen molar-refractivity contribution in [2.24, 2.45) is 0 Å². The van der Waals surface area contributed by atoms with Crippen molar-refractivity contribution in [3.63, 3.8) is 0 Å². The summed E-state index contributed by atoms with van der Waals surface area (Å²) in [5.74, 6) is 3.54. The predicted molar refractivity (Wildman–Crippen MR) is 111 cm³/mol. The van der Waals surface area contributed by atoms with Crippen LogP contribution in [0.3, 0.4) is 0 Å². The molecule has 3 heterocycles. The van der Waals surface area contributed by atoms with E-state index in [1.54, 1.807) is 20.4 Å². The normalized spacial score (nSPS) is 13.9. The van der Waals surface area contributed by atoms with E-state index < -0.39 is 0 Å². The molecule has 1 N–H and O–H groups in total. The standard InChI is InChI=1S/C20H23N7O2/c1-28-16-7-6-15(13-17(16)29-2)23-18-14-22-25-20(24-18)27-11-9-26(10-12-27)19-5-3-4-8-21-19/h3-8,13-14H,9-12H2,1-2H3,(H,23,24,25). The molecule has 1 aliphatic rings. The lowest BCUT2D eigenvalue weighted by Gasteiger charge is -2.35. The van der Waals surface area contributed by atoms with Crippen molar-refractivity contribution < 1.29 is 9.47 Å². The molecule has 2 aromatic heterocycles. The summed E-state index contributed by atoms with van der Waals surface area (Å²) >= 11 is 0. The highest BCUT2D eigenvalue weighted by Crippen LogP contribution is 2.30. The summed E-state index contributed by atoms with van der Waals surface area (Å²) in [6, 6.07) is 11.6. The fraction of sp³-hybridized carbons (Fsp3) is 0.300. The Morgan fingerprint density at radius 1 is 0.931 bits per heavy atom.